The molecule has 4 nitrogen and oxygen atoms in total. The Kier molecular flexibility index (Phi) is 3.85. The van der Waals surface area contributed by atoms with Crippen molar-refractivity contribution < 1.29 is 19.8 Å². The van der Waals surface area contributed by atoms with Crippen LogP contribution in [0.3, 0.4) is 0 Å². The molecule has 1 unspecified atom stereocenters. The summed E-state index contributed by atoms with van der Waals surface area (Å²) in [5, 5.41) is 15.6. The average Bonchev–Trinajstić information content (AvgIpc) is 2.17. The molecule has 0 amide bonds. The second-order valence-corrected chi connectivity index (χ2v) is 3.35. The number of carbonyl (C=O) groups excluding carboxylic acids is 1. The van der Waals surface area contributed by atoms with Crippen LogP contribution in [-0.2, 0) is 16.0 Å². The summed E-state index contributed by atoms with van der Waals surface area (Å²) in [6, 6.07) is 9.12. The summed E-state index contributed by atoms with van der Waals surface area (Å²) in [7, 11) is 0. The van der Waals surface area contributed by atoms with Gasteiger partial charge in [-0.05, 0) is 12.0 Å². The summed E-state index contributed by atoms with van der Waals surface area (Å²) in [6.45, 7) is 0. The van der Waals surface area contributed by atoms with E-state index in [0.29, 0.717) is 6.42 Å². The molecule has 1 aromatic carbocycles. The Balaban J connectivity index is 2.67. The molecule has 4 heteroatoms. The van der Waals surface area contributed by atoms with E-state index in [0.717, 1.165) is 5.56 Å². The highest BCUT2D eigenvalue weighted by Crippen LogP contribution is 2.12. The van der Waals surface area contributed by atoms with Crippen molar-refractivity contribution >= 4 is 11.9 Å². The third-order valence-electron chi connectivity index (χ3n) is 2.12. The van der Waals surface area contributed by atoms with E-state index in [1.807, 2.05) is 30.3 Å². The van der Waals surface area contributed by atoms with Gasteiger partial charge in [-0.25, -0.2) is 0 Å². The van der Waals surface area contributed by atoms with Crippen LogP contribution in [-0.4, -0.2) is 22.2 Å². The van der Waals surface area contributed by atoms with E-state index in [-0.39, 0.29) is 6.42 Å². The SMILES string of the molecule is O=C(O)CC(Cc1ccccc1)C(=O)[OH2+]. The van der Waals surface area contributed by atoms with Crippen molar-refractivity contribution in [3.8, 4) is 0 Å². The Labute approximate surface area is 87.2 Å². The molecular formula is C11H13O4+. The van der Waals surface area contributed by atoms with Gasteiger partial charge in [0.15, 0.2) is 0 Å². The smallest absolute Gasteiger partial charge is 0.519 e. The van der Waals surface area contributed by atoms with E-state index < -0.39 is 17.9 Å². The van der Waals surface area contributed by atoms with Crippen molar-refractivity contribution in [3.63, 3.8) is 0 Å². The standard InChI is InChI=1S/C11H12O4/c12-10(13)7-9(11(14)15)6-8-4-2-1-3-5-8/h1-5,9H,6-7H2,(H,12,13)(H,14,15)/p+1. The van der Waals surface area contributed by atoms with Gasteiger partial charge < -0.3 is 10.2 Å². The third-order valence-corrected chi connectivity index (χ3v) is 2.12. The maximum absolute atomic E-state index is 10.9. The van der Waals surface area contributed by atoms with Crippen molar-refractivity contribution in [2.24, 2.45) is 5.92 Å². The van der Waals surface area contributed by atoms with Gasteiger partial charge in [-0.2, -0.15) is 0 Å². The first-order chi connectivity index (χ1) is 7.09. The van der Waals surface area contributed by atoms with Crippen LogP contribution in [0, 0.1) is 5.92 Å². The van der Waals surface area contributed by atoms with E-state index in [2.05, 4.69) is 0 Å². The first-order valence-electron chi connectivity index (χ1n) is 4.60. The van der Waals surface area contributed by atoms with Crippen LogP contribution in [0.1, 0.15) is 12.0 Å². The minimum atomic E-state index is -1.04. The molecule has 0 aliphatic carbocycles. The molecule has 0 bridgehead atoms. The van der Waals surface area contributed by atoms with Crippen molar-refractivity contribution in [2.75, 3.05) is 0 Å². The zero-order chi connectivity index (χ0) is 11.3. The molecule has 0 aliphatic rings. The highest BCUT2D eigenvalue weighted by molar-refractivity contribution is 5.77. The number of rotatable bonds is 5. The number of aliphatic carboxylic acids is 1. The molecule has 0 heterocycles. The average molecular weight is 209 g/mol. The summed E-state index contributed by atoms with van der Waals surface area (Å²) in [4.78, 5) is 21.4. The fourth-order valence-electron chi connectivity index (χ4n) is 1.37. The molecule has 0 aromatic heterocycles. The summed E-state index contributed by atoms with van der Waals surface area (Å²) < 4.78 is 0. The van der Waals surface area contributed by atoms with Crippen molar-refractivity contribution in [1.29, 1.82) is 0 Å². The molecule has 0 radical (unpaired) electrons. The van der Waals surface area contributed by atoms with Crippen LogP contribution in [0.5, 0.6) is 0 Å². The monoisotopic (exact) mass is 209 g/mol. The lowest BCUT2D eigenvalue weighted by atomic mass is 9.96. The molecule has 1 aromatic rings. The Morgan fingerprint density at radius 3 is 2.33 bits per heavy atom. The molecule has 0 saturated heterocycles. The van der Waals surface area contributed by atoms with E-state index in [1.54, 1.807) is 0 Å². The highest BCUT2D eigenvalue weighted by atomic mass is 16.4. The molecule has 15 heavy (non-hydrogen) atoms. The quantitative estimate of drug-likeness (QED) is 0.720. The zero-order valence-corrected chi connectivity index (χ0v) is 8.14. The Morgan fingerprint density at radius 2 is 1.87 bits per heavy atom. The summed E-state index contributed by atoms with van der Waals surface area (Å²) >= 11 is 0. The zero-order valence-electron chi connectivity index (χ0n) is 8.14. The number of benzene rings is 1. The van der Waals surface area contributed by atoms with Crippen molar-refractivity contribution in [1.82, 2.24) is 0 Å². The molecule has 1 rings (SSSR count). The lowest BCUT2D eigenvalue weighted by molar-refractivity contribution is -0.148. The van der Waals surface area contributed by atoms with Gasteiger partial charge in [0.2, 0.25) is 0 Å². The predicted molar refractivity (Wildman–Crippen MR) is 54.5 cm³/mol. The van der Waals surface area contributed by atoms with Crippen LogP contribution < -0.4 is 0 Å². The minimum Gasteiger partial charge on any atom is -0.565 e. The topological polar surface area (TPSA) is 77.3 Å². The summed E-state index contributed by atoms with van der Waals surface area (Å²) in [6.07, 6.45) is 0.0344. The fraction of sp³-hybridized carbons (Fsp3) is 0.273. The van der Waals surface area contributed by atoms with Gasteiger partial charge in [0, 0.05) is 4.79 Å². The van der Waals surface area contributed by atoms with Gasteiger partial charge >= 0.3 is 11.9 Å². The second kappa shape index (κ2) is 5.14. The molecular weight excluding hydrogens is 196 g/mol. The lowest BCUT2D eigenvalue weighted by Gasteiger charge is -2.05. The molecule has 1 atom stereocenters. The number of hydrogen-bond donors (Lipinski definition) is 1. The van der Waals surface area contributed by atoms with Gasteiger partial charge in [-0.3, -0.25) is 4.79 Å². The highest BCUT2D eigenvalue weighted by Gasteiger charge is 2.27. The number of carboxylic acid groups (broad SMARTS) is 1. The van der Waals surface area contributed by atoms with Gasteiger partial charge in [-0.15, -0.1) is 0 Å². The van der Waals surface area contributed by atoms with Crippen LogP contribution >= 0.6 is 0 Å². The summed E-state index contributed by atoms with van der Waals surface area (Å²) in [5.74, 6) is -2.61. The Hall–Kier alpha value is -1.84. The number of carboxylic acids is 1. The normalized spacial score (nSPS) is 12.0. The molecule has 0 fully saturated rings. The van der Waals surface area contributed by atoms with Crippen LogP contribution in [0.4, 0.5) is 0 Å². The van der Waals surface area contributed by atoms with Gasteiger partial charge in [-0.1, -0.05) is 30.3 Å². The van der Waals surface area contributed by atoms with Gasteiger partial charge in [0.1, 0.15) is 5.92 Å². The van der Waals surface area contributed by atoms with Gasteiger partial charge in [0.05, 0.1) is 6.42 Å². The maximum Gasteiger partial charge on any atom is 0.519 e. The fourth-order valence-corrected chi connectivity index (χ4v) is 1.37. The van der Waals surface area contributed by atoms with Crippen molar-refractivity contribution in [2.45, 2.75) is 12.8 Å². The second-order valence-electron chi connectivity index (χ2n) is 3.35. The van der Waals surface area contributed by atoms with E-state index in [4.69, 9.17) is 10.2 Å². The lowest BCUT2D eigenvalue weighted by Crippen LogP contribution is -2.20. The van der Waals surface area contributed by atoms with E-state index >= 15 is 0 Å². The van der Waals surface area contributed by atoms with Crippen LogP contribution in [0.2, 0.25) is 0 Å². The number of carbonyl (C=O) groups is 2. The largest absolute Gasteiger partial charge is 0.565 e. The first-order valence-corrected chi connectivity index (χ1v) is 4.60. The molecule has 0 aliphatic heterocycles. The van der Waals surface area contributed by atoms with E-state index in [1.165, 1.54) is 0 Å². The number of hydrogen-bond acceptors (Lipinski definition) is 2. The van der Waals surface area contributed by atoms with Crippen molar-refractivity contribution in [3.05, 3.63) is 35.9 Å². The van der Waals surface area contributed by atoms with E-state index in [9.17, 15) is 9.59 Å². The van der Waals surface area contributed by atoms with Crippen LogP contribution in [0.25, 0.3) is 0 Å². The van der Waals surface area contributed by atoms with Gasteiger partial charge in [0.25, 0.3) is 0 Å². The predicted octanol–water partition coefficient (Wildman–Crippen LogP) is 0.571. The molecule has 3 N–H and O–H groups in total. The Bertz CT molecular complexity index is 345. The summed E-state index contributed by atoms with van der Waals surface area (Å²) in [5.41, 5.74) is 0.879. The Morgan fingerprint density at radius 1 is 1.27 bits per heavy atom. The molecule has 80 valence electrons. The molecule has 0 saturated carbocycles. The minimum absolute atomic E-state index is 0.281. The molecule has 0 spiro atoms. The first kappa shape index (κ1) is 11.2. The maximum atomic E-state index is 10.9. The van der Waals surface area contributed by atoms with Crippen LogP contribution in [0.15, 0.2) is 30.3 Å². The third kappa shape index (κ3) is 3.81.